The molecule has 1 aromatic carbocycles. The van der Waals surface area contributed by atoms with Crippen molar-refractivity contribution in [2.24, 2.45) is 0 Å². The minimum Gasteiger partial charge on any atom is -0.493 e. The number of likely N-dealkylation sites (tertiary alicyclic amines) is 1. The average Bonchev–Trinajstić information content (AvgIpc) is 3.09. The smallest absolute Gasteiger partial charge is 0.493 e. The van der Waals surface area contributed by atoms with Crippen molar-refractivity contribution in [2.75, 3.05) is 34.6 Å². The number of hydrogen-bond donors (Lipinski definition) is 1. The molecule has 3 rings (SSSR count). The molecule has 0 radical (unpaired) electrons. The van der Waals surface area contributed by atoms with Crippen LogP contribution in [-0.2, 0) is 28.5 Å². The summed E-state index contributed by atoms with van der Waals surface area (Å²) in [5.41, 5.74) is 0.927. The number of rotatable bonds is 9. The van der Waals surface area contributed by atoms with Crippen molar-refractivity contribution < 1.29 is 42.2 Å². The molecule has 3 atom stereocenters. The Bertz CT molecular complexity index is 934. The Balaban J connectivity index is 1.71. The summed E-state index contributed by atoms with van der Waals surface area (Å²) in [6, 6.07) is 5.99. The first-order valence-electron chi connectivity index (χ1n) is 10.7. The number of ether oxygens (including phenoxy) is 4. The molecule has 0 aromatic heterocycles. The van der Waals surface area contributed by atoms with Crippen LogP contribution in [0.1, 0.15) is 38.7 Å². The van der Waals surface area contributed by atoms with Crippen LogP contribution in [0.25, 0.3) is 0 Å². The number of phosphoric acid groups is 1. The second kappa shape index (κ2) is 10.3. The third kappa shape index (κ3) is 5.81. The van der Waals surface area contributed by atoms with E-state index < -0.39 is 20.8 Å². The van der Waals surface area contributed by atoms with Gasteiger partial charge in [0, 0.05) is 17.9 Å². The average molecular weight is 485 g/mol. The third-order valence-corrected chi connectivity index (χ3v) is 6.98. The fourth-order valence-corrected chi connectivity index (χ4v) is 5.18. The highest BCUT2D eigenvalue weighted by Gasteiger charge is 2.49. The van der Waals surface area contributed by atoms with E-state index in [4.69, 9.17) is 23.3 Å². The van der Waals surface area contributed by atoms with Crippen molar-refractivity contribution in [1.82, 2.24) is 4.90 Å². The van der Waals surface area contributed by atoms with Crippen LogP contribution in [0, 0.1) is 0 Å². The summed E-state index contributed by atoms with van der Waals surface area (Å²) < 4.78 is 42.7. The van der Waals surface area contributed by atoms with E-state index in [1.54, 1.807) is 28.1 Å². The Labute approximate surface area is 194 Å². The van der Waals surface area contributed by atoms with Gasteiger partial charge in [-0.2, -0.15) is 0 Å². The predicted octanol–water partition coefficient (Wildman–Crippen LogP) is 3.98. The second-order valence-corrected chi connectivity index (χ2v) is 9.80. The van der Waals surface area contributed by atoms with Crippen LogP contribution in [0.3, 0.4) is 0 Å². The van der Waals surface area contributed by atoms with E-state index in [0.29, 0.717) is 30.1 Å². The Morgan fingerprint density at radius 1 is 1.27 bits per heavy atom. The van der Waals surface area contributed by atoms with Crippen molar-refractivity contribution >= 4 is 14.0 Å². The van der Waals surface area contributed by atoms with Crippen molar-refractivity contribution in [3.05, 3.63) is 35.6 Å². The second-order valence-electron chi connectivity index (χ2n) is 8.42. The van der Waals surface area contributed by atoms with Gasteiger partial charge < -0.3 is 28.4 Å². The number of carbonyl (C=O) groups is 1. The van der Waals surface area contributed by atoms with Crippen LogP contribution in [-0.4, -0.2) is 62.7 Å². The van der Waals surface area contributed by atoms with Gasteiger partial charge in [0.2, 0.25) is 6.79 Å². The van der Waals surface area contributed by atoms with E-state index in [1.165, 1.54) is 0 Å². The zero-order valence-electron chi connectivity index (χ0n) is 19.6. The topological polar surface area (TPSA) is 113 Å². The van der Waals surface area contributed by atoms with E-state index in [1.807, 2.05) is 31.3 Å². The molecule has 1 fully saturated rings. The van der Waals surface area contributed by atoms with Gasteiger partial charge in [0.25, 0.3) is 0 Å². The molecule has 1 aliphatic heterocycles. The molecule has 10 nitrogen and oxygen atoms in total. The van der Waals surface area contributed by atoms with Crippen molar-refractivity contribution in [3.63, 3.8) is 0 Å². The maximum Gasteiger partial charge on any atom is 0.530 e. The predicted molar refractivity (Wildman–Crippen MR) is 119 cm³/mol. The Hall–Kier alpha value is -2.26. The van der Waals surface area contributed by atoms with Crippen molar-refractivity contribution in [2.45, 2.75) is 50.7 Å². The molecule has 1 aliphatic carbocycles. The molecule has 1 N–H and O–H groups in total. The number of benzene rings is 1. The van der Waals surface area contributed by atoms with Gasteiger partial charge in [-0.1, -0.05) is 6.07 Å². The van der Waals surface area contributed by atoms with Crippen LogP contribution in [0.5, 0.6) is 11.5 Å². The molecular formula is C22H32NO9P. The van der Waals surface area contributed by atoms with Gasteiger partial charge in [-0.15, -0.1) is 0 Å². The van der Waals surface area contributed by atoms with Gasteiger partial charge >= 0.3 is 14.0 Å². The Kier molecular flexibility index (Phi) is 7.95. The van der Waals surface area contributed by atoms with Crippen LogP contribution < -0.4 is 9.47 Å². The first-order chi connectivity index (χ1) is 15.6. The minimum atomic E-state index is -4.48. The summed E-state index contributed by atoms with van der Waals surface area (Å²) in [7, 11) is 0.752. The largest absolute Gasteiger partial charge is 0.530 e. The lowest BCUT2D eigenvalue weighted by Gasteiger charge is -2.41. The molecule has 1 heterocycles. The van der Waals surface area contributed by atoms with Gasteiger partial charge in [-0.25, -0.2) is 13.9 Å². The van der Waals surface area contributed by atoms with Crippen molar-refractivity contribution in [1.29, 1.82) is 0 Å². The van der Waals surface area contributed by atoms with Crippen LogP contribution >= 0.6 is 7.82 Å². The van der Waals surface area contributed by atoms with Gasteiger partial charge in [-0.05, 0) is 64.1 Å². The van der Waals surface area contributed by atoms with Crippen molar-refractivity contribution in [3.8, 4) is 11.5 Å². The van der Waals surface area contributed by atoms with Crippen LogP contribution in [0.2, 0.25) is 0 Å². The zero-order chi connectivity index (χ0) is 24.2. The molecule has 0 amide bonds. The quantitative estimate of drug-likeness (QED) is 0.313. The normalized spacial score (nSPS) is 24.5. The van der Waals surface area contributed by atoms with Gasteiger partial charge in [0.15, 0.2) is 11.5 Å². The van der Waals surface area contributed by atoms with E-state index in [2.05, 4.69) is 9.64 Å². The van der Waals surface area contributed by atoms with E-state index in [-0.39, 0.29) is 17.6 Å². The highest BCUT2D eigenvalue weighted by atomic mass is 31.2. The van der Waals surface area contributed by atoms with Crippen LogP contribution in [0.4, 0.5) is 4.79 Å². The number of likely N-dealkylation sites (N-methyl/N-ethyl adjacent to an activating group) is 1. The Morgan fingerprint density at radius 2 is 2.00 bits per heavy atom. The first-order valence-corrected chi connectivity index (χ1v) is 12.2. The number of hydrogen-bond acceptors (Lipinski definition) is 9. The highest BCUT2D eigenvalue weighted by molar-refractivity contribution is 7.47. The number of fused-ring (bicyclic) bond motifs is 1. The number of nitrogens with zero attached hydrogens (tertiary/aromatic N) is 1. The standard InChI is InChI=1S/C22H32NO9P/c1-15(2)31-21(24)29-14-30-33(25,26)32-17-8-9-22(10-11-23(3)20(22)13-17)16-6-7-18(27-4)19(12-16)28-5/h6-8,12,15,20H,9-11,13-14H2,1-5H3,(H,25,26). The van der Waals surface area contributed by atoms with E-state index in [9.17, 15) is 14.3 Å². The molecule has 184 valence electrons. The molecular weight excluding hydrogens is 453 g/mol. The number of carbonyl (C=O) groups excluding carboxylic acids is 1. The molecule has 1 aromatic rings. The number of methoxy groups -OCH3 is 2. The molecule has 33 heavy (non-hydrogen) atoms. The SMILES string of the molecule is COc1ccc(C23CC=C(OP(=O)(O)OCOC(=O)OC(C)C)CC2N(C)CC3)cc1OC. The minimum absolute atomic E-state index is 0.0490. The third-order valence-electron chi connectivity index (χ3n) is 6.08. The summed E-state index contributed by atoms with van der Waals surface area (Å²) in [5, 5.41) is 0. The summed E-state index contributed by atoms with van der Waals surface area (Å²) in [6.45, 7) is 3.42. The lowest BCUT2D eigenvalue weighted by molar-refractivity contribution is -0.0180. The number of allylic oxidation sites excluding steroid dienone is 1. The van der Waals surface area contributed by atoms with Gasteiger partial charge in [0.05, 0.1) is 20.3 Å². The molecule has 3 unspecified atom stereocenters. The molecule has 1 saturated heterocycles. The molecule has 11 heteroatoms. The number of phosphoric ester groups is 1. The molecule has 0 spiro atoms. The van der Waals surface area contributed by atoms with Gasteiger partial charge in [-0.3, -0.25) is 4.89 Å². The zero-order valence-corrected chi connectivity index (χ0v) is 20.5. The van der Waals surface area contributed by atoms with Crippen LogP contribution in [0.15, 0.2) is 30.0 Å². The summed E-state index contributed by atoms with van der Waals surface area (Å²) in [5.74, 6) is 1.68. The maximum absolute atomic E-state index is 12.4. The monoisotopic (exact) mass is 485 g/mol. The lowest BCUT2D eigenvalue weighted by atomic mass is 9.68. The maximum atomic E-state index is 12.4. The Morgan fingerprint density at radius 3 is 2.67 bits per heavy atom. The summed E-state index contributed by atoms with van der Waals surface area (Å²) >= 11 is 0. The highest BCUT2D eigenvalue weighted by Crippen LogP contribution is 2.53. The summed E-state index contributed by atoms with van der Waals surface area (Å²) in [4.78, 5) is 23.7. The first kappa shape index (κ1) is 25.4. The summed E-state index contributed by atoms with van der Waals surface area (Å²) in [6.07, 6.45) is 2.42. The van der Waals surface area contributed by atoms with Gasteiger partial charge in [0.1, 0.15) is 5.76 Å². The molecule has 2 aliphatic rings. The van der Waals surface area contributed by atoms with E-state index >= 15 is 0 Å². The van der Waals surface area contributed by atoms with E-state index in [0.717, 1.165) is 18.5 Å². The molecule has 0 bridgehead atoms. The fourth-order valence-electron chi connectivity index (χ4n) is 4.50. The fraction of sp³-hybridized carbons (Fsp3) is 0.591. The molecule has 0 saturated carbocycles. The lowest BCUT2D eigenvalue weighted by Crippen LogP contribution is -2.43.